The van der Waals surface area contributed by atoms with Crippen molar-refractivity contribution in [2.75, 3.05) is 0 Å². The van der Waals surface area contributed by atoms with E-state index >= 15 is 0 Å². The number of azo groups is 1. The van der Waals surface area contributed by atoms with Crippen molar-refractivity contribution in [3.05, 3.63) is 11.8 Å². The van der Waals surface area contributed by atoms with Gasteiger partial charge in [0.05, 0.1) is 12.2 Å². The number of hydrogen-bond acceptors (Lipinski definition) is 2. The van der Waals surface area contributed by atoms with Gasteiger partial charge in [0.25, 0.3) is 0 Å². The predicted molar refractivity (Wildman–Crippen MR) is 65.0 cm³/mol. The molecular weight excluding hydrogens is 184 g/mol. The lowest BCUT2D eigenvalue weighted by molar-refractivity contribution is 0.593. The molecule has 0 saturated carbocycles. The molecule has 1 atom stereocenters. The molecule has 2 nitrogen and oxygen atoms in total. The van der Waals surface area contributed by atoms with Crippen LogP contribution in [0.5, 0.6) is 0 Å². The van der Waals surface area contributed by atoms with Gasteiger partial charge in [-0.15, -0.1) is 0 Å². The van der Waals surface area contributed by atoms with Crippen molar-refractivity contribution in [3.8, 4) is 0 Å². The fourth-order valence-corrected chi connectivity index (χ4v) is 1.98. The van der Waals surface area contributed by atoms with E-state index in [0.29, 0.717) is 6.04 Å². The smallest absolute Gasteiger partial charge is 0.0940 e. The van der Waals surface area contributed by atoms with Crippen LogP contribution in [0.15, 0.2) is 22.0 Å². The maximum absolute atomic E-state index is 4.29. The van der Waals surface area contributed by atoms with Crippen LogP contribution in [0, 0.1) is 0 Å². The van der Waals surface area contributed by atoms with Gasteiger partial charge >= 0.3 is 0 Å². The summed E-state index contributed by atoms with van der Waals surface area (Å²) in [5, 5.41) is 8.35. The third-order valence-corrected chi connectivity index (χ3v) is 3.01. The minimum absolute atomic E-state index is 0.423. The average Bonchev–Trinajstić information content (AvgIpc) is 2.69. The van der Waals surface area contributed by atoms with Crippen molar-refractivity contribution in [2.45, 2.75) is 71.3 Å². The fourth-order valence-electron chi connectivity index (χ4n) is 1.98. The van der Waals surface area contributed by atoms with E-state index in [9.17, 15) is 0 Å². The molecule has 0 radical (unpaired) electrons. The Morgan fingerprint density at radius 2 is 1.87 bits per heavy atom. The SMILES string of the molecule is CCCCCCC1=CN=NC1CCCC. The van der Waals surface area contributed by atoms with Crippen molar-refractivity contribution in [1.29, 1.82) is 0 Å². The topological polar surface area (TPSA) is 24.7 Å². The molecule has 0 spiro atoms. The molecule has 1 aliphatic rings. The molecule has 1 unspecified atom stereocenters. The van der Waals surface area contributed by atoms with E-state index in [-0.39, 0.29) is 0 Å². The van der Waals surface area contributed by atoms with Gasteiger partial charge in [0.15, 0.2) is 0 Å². The molecule has 0 saturated heterocycles. The summed E-state index contributed by atoms with van der Waals surface area (Å²) in [6.07, 6.45) is 12.3. The first-order chi connectivity index (χ1) is 7.38. The van der Waals surface area contributed by atoms with Crippen LogP contribution in [0.25, 0.3) is 0 Å². The standard InChI is InChI=1S/C13H24N2/c1-3-5-7-8-9-12-11-14-15-13(12)10-6-4-2/h11,13H,3-10H2,1-2H3. The zero-order valence-corrected chi connectivity index (χ0v) is 10.2. The third kappa shape index (κ3) is 4.59. The van der Waals surface area contributed by atoms with E-state index < -0.39 is 0 Å². The summed E-state index contributed by atoms with van der Waals surface area (Å²) in [5.41, 5.74) is 1.47. The van der Waals surface area contributed by atoms with Gasteiger partial charge in [0.1, 0.15) is 0 Å². The van der Waals surface area contributed by atoms with Crippen molar-refractivity contribution >= 4 is 0 Å². The lowest BCUT2D eigenvalue weighted by Crippen LogP contribution is -2.05. The summed E-state index contributed by atoms with van der Waals surface area (Å²) in [5.74, 6) is 0. The van der Waals surface area contributed by atoms with Gasteiger partial charge < -0.3 is 0 Å². The van der Waals surface area contributed by atoms with Crippen molar-refractivity contribution in [1.82, 2.24) is 0 Å². The molecule has 0 aromatic rings. The Bertz CT molecular complexity index is 219. The number of hydrogen-bond donors (Lipinski definition) is 0. The lowest BCUT2D eigenvalue weighted by Gasteiger charge is -2.10. The van der Waals surface area contributed by atoms with E-state index in [2.05, 4.69) is 24.1 Å². The van der Waals surface area contributed by atoms with Gasteiger partial charge in [-0.25, -0.2) is 0 Å². The van der Waals surface area contributed by atoms with E-state index in [1.54, 1.807) is 0 Å². The second-order valence-electron chi connectivity index (χ2n) is 4.40. The molecule has 86 valence electrons. The largest absolute Gasteiger partial charge is 0.181 e. The molecule has 1 rings (SSSR count). The molecule has 0 N–H and O–H groups in total. The van der Waals surface area contributed by atoms with E-state index in [0.717, 1.165) is 0 Å². The molecule has 0 aromatic carbocycles. The first-order valence-electron chi connectivity index (χ1n) is 6.47. The Balaban J connectivity index is 2.17. The average molecular weight is 208 g/mol. The number of unbranched alkanes of at least 4 members (excludes halogenated alkanes) is 4. The summed E-state index contributed by atoms with van der Waals surface area (Å²) < 4.78 is 0. The fraction of sp³-hybridized carbons (Fsp3) is 0.846. The second kappa shape index (κ2) is 7.61. The normalized spacial score (nSPS) is 19.6. The van der Waals surface area contributed by atoms with Crippen LogP contribution >= 0.6 is 0 Å². The number of rotatable bonds is 8. The van der Waals surface area contributed by atoms with Gasteiger partial charge in [0.2, 0.25) is 0 Å². The predicted octanol–water partition coefficient (Wildman–Crippen LogP) is 4.87. The molecule has 1 heterocycles. The third-order valence-electron chi connectivity index (χ3n) is 3.01. The first-order valence-corrected chi connectivity index (χ1v) is 6.47. The van der Waals surface area contributed by atoms with Crippen LogP contribution in [0.4, 0.5) is 0 Å². The summed E-state index contributed by atoms with van der Waals surface area (Å²) in [6, 6.07) is 0.423. The molecule has 0 fully saturated rings. The van der Waals surface area contributed by atoms with Crippen LogP contribution in [0.2, 0.25) is 0 Å². The molecule has 0 bridgehead atoms. The van der Waals surface area contributed by atoms with Gasteiger partial charge in [-0.3, -0.25) is 0 Å². The van der Waals surface area contributed by atoms with Crippen LogP contribution in [-0.4, -0.2) is 6.04 Å². The molecular formula is C13H24N2. The van der Waals surface area contributed by atoms with Crippen LogP contribution in [0.1, 0.15) is 65.2 Å². The highest BCUT2D eigenvalue weighted by Gasteiger charge is 2.16. The quantitative estimate of drug-likeness (QED) is 0.509. The highest BCUT2D eigenvalue weighted by Crippen LogP contribution is 2.24. The summed E-state index contributed by atoms with van der Waals surface area (Å²) >= 11 is 0. The minimum atomic E-state index is 0.423. The van der Waals surface area contributed by atoms with Crippen LogP contribution < -0.4 is 0 Å². The molecule has 0 aliphatic carbocycles. The highest BCUT2D eigenvalue weighted by molar-refractivity contribution is 5.13. The summed E-state index contributed by atoms with van der Waals surface area (Å²) in [4.78, 5) is 0. The monoisotopic (exact) mass is 208 g/mol. The van der Waals surface area contributed by atoms with Gasteiger partial charge in [-0.05, 0) is 24.8 Å². The lowest BCUT2D eigenvalue weighted by atomic mass is 9.98. The zero-order valence-electron chi connectivity index (χ0n) is 10.2. The summed E-state index contributed by atoms with van der Waals surface area (Å²) in [6.45, 7) is 4.49. The zero-order chi connectivity index (χ0) is 10.9. The highest BCUT2D eigenvalue weighted by atomic mass is 15.1. The van der Waals surface area contributed by atoms with Gasteiger partial charge in [-0.2, -0.15) is 10.2 Å². The first kappa shape index (κ1) is 12.4. The van der Waals surface area contributed by atoms with E-state index in [1.807, 2.05) is 6.20 Å². The number of nitrogens with zero attached hydrogens (tertiary/aromatic N) is 2. The van der Waals surface area contributed by atoms with E-state index in [1.165, 1.54) is 56.9 Å². The van der Waals surface area contributed by atoms with Crippen LogP contribution in [0.3, 0.4) is 0 Å². The Hall–Kier alpha value is -0.660. The van der Waals surface area contributed by atoms with Crippen molar-refractivity contribution in [3.63, 3.8) is 0 Å². The van der Waals surface area contributed by atoms with Crippen molar-refractivity contribution in [2.24, 2.45) is 10.2 Å². The second-order valence-corrected chi connectivity index (χ2v) is 4.40. The minimum Gasteiger partial charge on any atom is -0.181 e. The maximum atomic E-state index is 4.29. The Kier molecular flexibility index (Phi) is 6.29. The maximum Gasteiger partial charge on any atom is 0.0940 e. The van der Waals surface area contributed by atoms with Gasteiger partial charge in [-0.1, -0.05) is 46.0 Å². The molecule has 0 amide bonds. The Morgan fingerprint density at radius 3 is 2.60 bits per heavy atom. The Labute approximate surface area is 93.9 Å². The van der Waals surface area contributed by atoms with Crippen LogP contribution in [-0.2, 0) is 0 Å². The van der Waals surface area contributed by atoms with Crippen molar-refractivity contribution < 1.29 is 0 Å². The molecule has 2 heteroatoms. The molecule has 0 aromatic heterocycles. The Morgan fingerprint density at radius 1 is 1.07 bits per heavy atom. The van der Waals surface area contributed by atoms with Gasteiger partial charge in [0, 0.05) is 0 Å². The molecule has 15 heavy (non-hydrogen) atoms. The van der Waals surface area contributed by atoms with E-state index in [4.69, 9.17) is 0 Å². The molecule has 1 aliphatic heterocycles. The summed E-state index contributed by atoms with van der Waals surface area (Å²) in [7, 11) is 0.